The van der Waals surface area contributed by atoms with Gasteiger partial charge in [0, 0.05) is 37.6 Å². The molecule has 2 aromatic rings. The number of carbonyl (C=O) groups excluding carboxylic acids is 2. The number of aryl methyl sites for hydroxylation is 1. The first kappa shape index (κ1) is 19.3. The van der Waals surface area contributed by atoms with Gasteiger partial charge in [0.25, 0.3) is 5.91 Å². The van der Waals surface area contributed by atoms with Crippen LogP contribution in [0.5, 0.6) is 17.2 Å². The lowest BCUT2D eigenvalue weighted by atomic mass is 9.82. The third kappa shape index (κ3) is 3.67. The zero-order valence-electron chi connectivity index (χ0n) is 17.0. The van der Waals surface area contributed by atoms with Crippen LogP contribution < -0.4 is 14.2 Å². The lowest BCUT2D eigenvalue weighted by Gasteiger charge is -2.44. The molecule has 1 fully saturated rings. The van der Waals surface area contributed by atoms with Crippen molar-refractivity contribution in [2.24, 2.45) is 0 Å². The van der Waals surface area contributed by atoms with Crippen LogP contribution in [0.3, 0.4) is 0 Å². The summed E-state index contributed by atoms with van der Waals surface area (Å²) in [6.45, 7) is 3.04. The molecule has 1 spiro atoms. The fourth-order valence-electron chi connectivity index (χ4n) is 4.12. The second kappa shape index (κ2) is 7.43. The van der Waals surface area contributed by atoms with Gasteiger partial charge < -0.3 is 19.1 Å². The minimum absolute atomic E-state index is 0.0739. The van der Waals surface area contributed by atoms with Crippen LogP contribution >= 0.6 is 0 Å². The first-order valence-corrected chi connectivity index (χ1v) is 9.78. The lowest BCUT2D eigenvalue weighted by Crippen LogP contribution is -2.52. The number of hydrogen-bond acceptors (Lipinski definition) is 5. The molecule has 0 bridgehead atoms. The van der Waals surface area contributed by atoms with Gasteiger partial charge in [-0.1, -0.05) is 11.6 Å². The van der Waals surface area contributed by atoms with Gasteiger partial charge >= 0.3 is 0 Å². The summed E-state index contributed by atoms with van der Waals surface area (Å²) in [6, 6.07) is 10.9. The molecule has 0 N–H and O–H groups in total. The summed E-state index contributed by atoms with van der Waals surface area (Å²) < 4.78 is 16.8. The Morgan fingerprint density at radius 1 is 1.03 bits per heavy atom. The SMILES string of the molecule is COc1cc(OC)cc(C(=O)N2CCC3(CC2)CC(=O)c2cc(C)ccc2O3)c1. The van der Waals surface area contributed by atoms with Crippen molar-refractivity contribution < 1.29 is 23.8 Å². The molecule has 0 aromatic heterocycles. The molecule has 0 atom stereocenters. The molecule has 152 valence electrons. The number of carbonyl (C=O) groups is 2. The van der Waals surface area contributed by atoms with E-state index >= 15 is 0 Å². The maximum absolute atomic E-state index is 13.0. The highest BCUT2D eigenvalue weighted by Gasteiger charge is 2.43. The average molecular weight is 395 g/mol. The van der Waals surface area contributed by atoms with Crippen molar-refractivity contribution in [2.45, 2.75) is 31.8 Å². The van der Waals surface area contributed by atoms with Crippen LogP contribution in [0.15, 0.2) is 36.4 Å². The summed E-state index contributed by atoms with van der Waals surface area (Å²) in [5.74, 6) is 1.86. The van der Waals surface area contributed by atoms with E-state index in [1.54, 1.807) is 37.3 Å². The van der Waals surface area contributed by atoms with Crippen molar-refractivity contribution in [1.29, 1.82) is 0 Å². The lowest BCUT2D eigenvalue weighted by molar-refractivity contribution is -0.00574. The number of rotatable bonds is 3. The van der Waals surface area contributed by atoms with Gasteiger partial charge in [-0.15, -0.1) is 0 Å². The van der Waals surface area contributed by atoms with E-state index in [1.165, 1.54) is 0 Å². The summed E-state index contributed by atoms with van der Waals surface area (Å²) in [7, 11) is 3.12. The molecular weight excluding hydrogens is 370 g/mol. The Hall–Kier alpha value is -3.02. The quantitative estimate of drug-likeness (QED) is 0.794. The number of ketones is 1. The van der Waals surface area contributed by atoms with Crippen molar-refractivity contribution in [3.63, 3.8) is 0 Å². The van der Waals surface area contributed by atoms with Crippen LogP contribution in [-0.2, 0) is 0 Å². The van der Waals surface area contributed by atoms with Gasteiger partial charge in [0.2, 0.25) is 0 Å². The topological polar surface area (TPSA) is 65.1 Å². The van der Waals surface area contributed by atoms with Crippen LogP contribution in [-0.4, -0.2) is 49.5 Å². The number of benzene rings is 2. The Bertz CT molecular complexity index is 937. The fourth-order valence-corrected chi connectivity index (χ4v) is 4.12. The van der Waals surface area contributed by atoms with Gasteiger partial charge in [0.1, 0.15) is 22.8 Å². The zero-order chi connectivity index (χ0) is 20.6. The molecule has 1 amide bonds. The number of nitrogens with zero attached hydrogens (tertiary/aromatic N) is 1. The molecule has 4 rings (SSSR count). The van der Waals surface area contributed by atoms with Crippen molar-refractivity contribution in [2.75, 3.05) is 27.3 Å². The van der Waals surface area contributed by atoms with Crippen molar-refractivity contribution in [3.05, 3.63) is 53.1 Å². The average Bonchev–Trinajstić information content (AvgIpc) is 2.74. The monoisotopic (exact) mass is 395 g/mol. The van der Waals surface area contributed by atoms with E-state index in [-0.39, 0.29) is 11.7 Å². The van der Waals surface area contributed by atoms with Crippen molar-refractivity contribution in [3.8, 4) is 17.2 Å². The number of ether oxygens (including phenoxy) is 3. The molecule has 2 aliphatic heterocycles. The molecule has 29 heavy (non-hydrogen) atoms. The molecule has 0 unspecified atom stereocenters. The molecule has 2 heterocycles. The van der Waals surface area contributed by atoms with Gasteiger partial charge in [0.15, 0.2) is 5.78 Å². The van der Waals surface area contributed by atoms with Crippen LogP contribution in [0.25, 0.3) is 0 Å². The van der Waals surface area contributed by atoms with Gasteiger partial charge in [-0.25, -0.2) is 0 Å². The second-order valence-corrected chi connectivity index (χ2v) is 7.78. The van der Waals surface area contributed by atoms with E-state index in [0.29, 0.717) is 60.7 Å². The predicted octanol–water partition coefficient (Wildman–Crippen LogP) is 3.65. The number of hydrogen-bond donors (Lipinski definition) is 0. The molecule has 0 saturated carbocycles. The van der Waals surface area contributed by atoms with Crippen LogP contribution in [0.2, 0.25) is 0 Å². The molecule has 2 aliphatic rings. The van der Waals surface area contributed by atoms with E-state index in [9.17, 15) is 9.59 Å². The molecule has 6 nitrogen and oxygen atoms in total. The van der Waals surface area contributed by atoms with Crippen molar-refractivity contribution >= 4 is 11.7 Å². The summed E-state index contributed by atoms with van der Waals surface area (Å²) in [4.78, 5) is 27.5. The Morgan fingerprint density at radius 3 is 2.31 bits per heavy atom. The molecule has 0 aliphatic carbocycles. The normalized spacial score (nSPS) is 17.5. The largest absolute Gasteiger partial charge is 0.497 e. The smallest absolute Gasteiger partial charge is 0.254 e. The Balaban J connectivity index is 1.49. The highest BCUT2D eigenvalue weighted by atomic mass is 16.5. The molecule has 0 radical (unpaired) electrons. The van der Waals surface area contributed by atoms with E-state index in [2.05, 4.69) is 0 Å². The predicted molar refractivity (Wildman–Crippen MR) is 108 cm³/mol. The van der Waals surface area contributed by atoms with Crippen LogP contribution in [0, 0.1) is 6.92 Å². The third-order valence-electron chi connectivity index (χ3n) is 5.80. The van der Waals surface area contributed by atoms with Crippen LogP contribution in [0.1, 0.15) is 45.5 Å². The highest BCUT2D eigenvalue weighted by Crippen LogP contribution is 2.40. The molecular formula is C23H25NO5. The second-order valence-electron chi connectivity index (χ2n) is 7.78. The van der Waals surface area contributed by atoms with Gasteiger partial charge in [-0.05, 0) is 31.2 Å². The molecule has 1 saturated heterocycles. The first-order chi connectivity index (χ1) is 13.9. The van der Waals surface area contributed by atoms with E-state index in [1.807, 2.05) is 25.1 Å². The number of Topliss-reactive ketones (excluding diaryl/α,β-unsaturated/α-hetero) is 1. The number of methoxy groups -OCH3 is 2. The van der Waals surface area contributed by atoms with Gasteiger partial charge in [-0.3, -0.25) is 9.59 Å². The minimum Gasteiger partial charge on any atom is -0.497 e. The van der Waals surface area contributed by atoms with E-state index < -0.39 is 5.60 Å². The number of fused-ring (bicyclic) bond motifs is 1. The highest BCUT2D eigenvalue weighted by molar-refractivity contribution is 6.00. The number of likely N-dealkylation sites (tertiary alicyclic amines) is 1. The number of piperidine rings is 1. The van der Waals surface area contributed by atoms with E-state index in [4.69, 9.17) is 14.2 Å². The fraction of sp³-hybridized carbons (Fsp3) is 0.391. The minimum atomic E-state index is -0.526. The third-order valence-corrected chi connectivity index (χ3v) is 5.80. The maximum Gasteiger partial charge on any atom is 0.254 e. The standard InChI is InChI=1S/C23H25NO5/c1-15-4-5-21-19(10-15)20(25)14-23(29-21)6-8-24(9-7-23)22(26)16-11-17(27-2)13-18(12-16)28-3/h4-5,10-13H,6-9,14H2,1-3H3. The Morgan fingerprint density at radius 2 is 1.69 bits per heavy atom. The summed E-state index contributed by atoms with van der Waals surface area (Å²) >= 11 is 0. The Labute approximate surface area is 170 Å². The van der Waals surface area contributed by atoms with Crippen molar-refractivity contribution in [1.82, 2.24) is 4.90 Å². The van der Waals surface area contributed by atoms with Gasteiger partial charge in [-0.2, -0.15) is 0 Å². The number of amides is 1. The molecule has 2 aromatic carbocycles. The maximum atomic E-state index is 13.0. The van der Waals surface area contributed by atoms with E-state index in [0.717, 1.165) is 5.56 Å². The molecule has 6 heteroatoms. The Kier molecular flexibility index (Phi) is 4.94. The summed E-state index contributed by atoms with van der Waals surface area (Å²) in [6.07, 6.45) is 1.61. The zero-order valence-corrected chi connectivity index (χ0v) is 17.0. The summed E-state index contributed by atoms with van der Waals surface area (Å²) in [5, 5.41) is 0. The summed E-state index contributed by atoms with van der Waals surface area (Å²) in [5.41, 5.74) is 1.71. The van der Waals surface area contributed by atoms with Gasteiger partial charge in [0.05, 0.1) is 26.2 Å². The first-order valence-electron chi connectivity index (χ1n) is 9.78. The van der Waals surface area contributed by atoms with Crippen LogP contribution in [0.4, 0.5) is 0 Å².